The molecule has 1 aliphatic heterocycles. The van der Waals surface area contributed by atoms with Gasteiger partial charge in [-0.25, -0.2) is 0 Å². The molecule has 0 bridgehead atoms. The maximum absolute atomic E-state index is 5.82. The quantitative estimate of drug-likeness (QED) is 0.877. The van der Waals surface area contributed by atoms with Crippen molar-refractivity contribution in [1.82, 2.24) is 14.1 Å². The Morgan fingerprint density at radius 1 is 1.27 bits per heavy atom. The Morgan fingerprint density at radius 3 is 2.47 bits per heavy atom. The average Bonchev–Trinajstić information content (AvgIpc) is 2.54. The van der Waals surface area contributed by atoms with Gasteiger partial charge in [0.1, 0.15) is 0 Å². The van der Waals surface area contributed by atoms with E-state index in [2.05, 4.69) is 19.4 Å². The lowest BCUT2D eigenvalue weighted by Gasteiger charge is -2.23. The summed E-state index contributed by atoms with van der Waals surface area (Å²) in [5, 5.41) is 7.09. The van der Waals surface area contributed by atoms with Gasteiger partial charge in [0.2, 0.25) is 0 Å². The zero-order chi connectivity index (χ0) is 9.10. The van der Waals surface area contributed by atoms with E-state index in [9.17, 15) is 0 Å². The summed E-state index contributed by atoms with van der Waals surface area (Å²) < 4.78 is 7.98. The average molecular weight is 292 g/mol. The van der Waals surface area contributed by atoms with Crippen LogP contribution in [0, 0.1) is 0 Å². The Bertz CT molecular complexity index is 277. The zero-order valence-electron chi connectivity index (χ0n) is 7.90. The van der Waals surface area contributed by atoms with Crippen molar-refractivity contribution in [3.63, 3.8) is 0 Å². The highest BCUT2D eigenvalue weighted by Crippen LogP contribution is 2.20. The standard InChI is InChI=1S/C7H11ClN4S.2ClH/c8-6-7(12-13-11-6)10-5-1-3-9-4-2-5;;/h5,9H,1-4H2,(H,10,12);2*1H. The lowest BCUT2D eigenvalue weighted by Crippen LogP contribution is -2.35. The fourth-order valence-electron chi connectivity index (χ4n) is 1.42. The molecular weight excluding hydrogens is 279 g/mol. The molecule has 2 heterocycles. The summed E-state index contributed by atoms with van der Waals surface area (Å²) in [7, 11) is 0. The van der Waals surface area contributed by atoms with Crippen LogP contribution < -0.4 is 10.6 Å². The molecule has 0 spiro atoms. The molecule has 1 aromatic rings. The fourth-order valence-corrected chi connectivity index (χ4v) is 2.08. The first-order valence-electron chi connectivity index (χ1n) is 4.31. The van der Waals surface area contributed by atoms with E-state index in [0.717, 1.165) is 43.5 Å². The van der Waals surface area contributed by atoms with E-state index in [1.807, 2.05) is 0 Å². The number of halogens is 3. The van der Waals surface area contributed by atoms with E-state index < -0.39 is 0 Å². The predicted octanol–water partition coefficient (Wildman–Crippen LogP) is 2.20. The third kappa shape index (κ3) is 4.28. The summed E-state index contributed by atoms with van der Waals surface area (Å²) in [6, 6.07) is 0.489. The SMILES string of the molecule is Cl.Cl.Clc1nsnc1NC1CCNCC1. The number of hydrogen-bond donors (Lipinski definition) is 2. The number of nitrogens with one attached hydrogen (secondary N) is 2. The highest BCUT2D eigenvalue weighted by Gasteiger charge is 2.15. The number of anilines is 1. The normalized spacial score (nSPS) is 16.3. The van der Waals surface area contributed by atoms with Gasteiger partial charge in [-0.05, 0) is 25.9 Å². The maximum atomic E-state index is 5.82. The third-order valence-electron chi connectivity index (χ3n) is 2.13. The molecule has 0 aliphatic carbocycles. The van der Waals surface area contributed by atoms with Crippen molar-refractivity contribution in [2.24, 2.45) is 0 Å². The van der Waals surface area contributed by atoms with Crippen LogP contribution >= 0.6 is 48.1 Å². The lowest BCUT2D eigenvalue weighted by molar-refractivity contribution is 0.478. The van der Waals surface area contributed by atoms with Crippen LogP contribution in [0.1, 0.15) is 12.8 Å². The molecule has 2 N–H and O–H groups in total. The van der Waals surface area contributed by atoms with Crippen molar-refractivity contribution in [1.29, 1.82) is 0 Å². The lowest BCUT2D eigenvalue weighted by atomic mass is 10.1. The first-order chi connectivity index (χ1) is 6.36. The molecule has 0 radical (unpaired) electrons. The van der Waals surface area contributed by atoms with Gasteiger partial charge in [-0.2, -0.15) is 8.75 Å². The van der Waals surface area contributed by atoms with Crippen molar-refractivity contribution in [3.8, 4) is 0 Å². The van der Waals surface area contributed by atoms with Crippen LogP contribution in [-0.2, 0) is 0 Å². The molecule has 1 aromatic heterocycles. The van der Waals surface area contributed by atoms with Crippen molar-refractivity contribution in [2.45, 2.75) is 18.9 Å². The van der Waals surface area contributed by atoms with Crippen LogP contribution in [0.15, 0.2) is 0 Å². The molecule has 88 valence electrons. The topological polar surface area (TPSA) is 49.8 Å². The van der Waals surface area contributed by atoms with Crippen LogP contribution in [-0.4, -0.2) is 27.9 Å². The van der Waals surface area contributed by atoms with Crippen molar-refractivity contribution in [2.75, 3.05) is 18.4 Å². The molecule has 0 atom stereocenters. The molecule has 0 aromatic carbocycles. The highest BCUT2D eigenvalue weighted by atomic mass is 35.5. The summed E-state index contributed by atoms with van der Waals surface area (Å²) in [5.41, 5.74) is 0. The van der Waals surface area contributed by atoms with Crippen molar-refractivity contribution < 1.29 is 0 Å². The van der Waals surface area contributed by atoms with Gasteiger partial charge in [0.25, 0.3) is 0 Å². The van der Waals surface area contributed by atoms with E-state index >= 15 is 0 Å². The summed E-state index contributed by atoms with van der Waals surface area (Å²) in [6.45, 7) is 2.12. The molecule has 2 rings (SSSR count). The number of aromatic nitrogens is 2. The minimum atomic E-state index is 0. The smallest absolute Gasteiger partial charge is 0.186 e. The molecule has 0 unspecified atom stereocenters. The summed E-state index contributed by atoms with van der Waals surface area (Å²) in [6.07, 6.45) is 2.24. The van der Waals surface area contributed by atoms with Gasteiger partial charge in [-0.15, -0.1) is 24.8 Å². The largest absolute Gasteiger partial charge is 0.364 e. The molecular formula is C7H13Cl3N4S. The van der Waals surface area contributed by atoms with Gasteiger partial charge < -0.3 is 10.6 Å². The van der Waals surface area contributed by atoms with Crippen LogP contribution in [0.5, 0.6) is 0 Å². The van der Waals surface area contributed by atoms with Crippen molar-refractivity contribution >= 4 is 54.0 Å². The third-order valence-corrected chi connectivity index (χ3v) is 3.02. The first-order valence-corrected chi connectivity index (χ1v) is 5.42. The van der Waals surface area contributed by atoms with E-state index in [1.165, 1.54) is 0 Å². The Hall–Kier alpha value is 0.190. The second-order valence-electron chi connectivity index (χ2n) is 3.07. The minimum Gasteiger partial charge on any atom is -0.364 e. The Kier molecular flexibility index (Phi) is 7.56. The van der Waals surface area contributed by atoms with Gasteiger partial charge in [0.15, 0.2) is 11.0 Å². The molecule has 1 fully saturated rings. The second-order valence-corrected chi connectivity index (χ2v) is 3.96. The van der Waals surface area contributed by atoms with E-state index in [-0.39, 0.29) is 24.8 Å². The molecule has 0 amide bonds. The van der Waals surface area contributed by atoms with E-state index in [0.29, 0.717) is 11.2 Å². The van der Waals surface area contributed by atoms with Crippen LogP contribution in [0.2, 0.25) is 5.15 Å². The van der Waals surface area contributed by atoms with Crippen LogP contribution in [0.4, 0.5) is 5.82 Å². The molecule has 15 heavy (non-hydrogen) atoms. The summed E-state index contributed by atoms with van der Waals surface area (Å²) in [5.74, 6) is 0.735. The molecule has 8 heteroatoms. The Balaban J connectivity index is 0.000000980. The van der Waals surface area contributed by atoms with Gasteiger partial charge in [-0.1, -0.05) is 11.6 Å². The zero-order valence-corrected chi connectivity index (χ0v) is 11.1. The van der Waals surface area contributed by atoms with Gasteiger partial charge >= 0.3 is 0 Å². The highest BCUT2D eigenvalue weighted by molar-refractivity contribution is 6.99. The molecule has 1 saturated heterocycles. The number of piperidine rings is 1. The number of hydrogen-bond acceptors (Lipinski definition) is 5. The van der Waals surface area contributed by atoms with E-state index in [1.54, 1.807) is 0 Å². The Morgan fingerprint density at radius 2 is 1.93 bits per heavy atom. The van der Waals surface area contributed by atoms with Crippen LogP contribution in [0.25, 0.3) is 0 Å². The van der Waals surface area contributed by atoms with Gasteiger partial charge in [-0.3, -0.25) is 0 Å². The maximum Gasteiger partial charge on any atom is 0.186 e. The minimum absolute atomic E-state index is 0. The van der Waals surface area contributed by atoms with Crippen molar-refractivity contribution in [3.05, 3.63) is 5.15 Å². The molecule has 1 aliphatic rings. The summed E-state index contributed by atoms with van der Waals surface area (Å²) in [4.78, 5) is 0. The van der Waals surface area contributed by atoms with Crippen LogP contribution in [0.3, 0.4) is 0 Å². The predicted molar refractivity (Wildman–Crippen MR) is 68.9 cm³/mol. The van der Waals surface area contributed by atoms with Gasteiger partial charge in [0.05, 0.1) is 11.7 Å². The van der Waals surface area contributed by atoms with E-state index in [4.69, 9.17) is 11.6 Å². The second kappa shape index (κ2) is 7.46. The molecule has 0 saturated carbocycles. The number of nitrogens with zero attached hydrogens (tertiary/aromatic N) is 2. The monoisotopic (exact) mass is 290 g/mol. The fraction of sp³-hybridized carbons (Fsp3) is 0.714. The first kappa shape index (κ1) is 15.2. The molecule has 4 nitrogen and oxygen atoms in total. The Labute approximate surface area is 110 Å². The van der Waals surface area contributed by atoms with Gasteiger partial charge in [0, 0.05) is 6.04 Å². The summed E-state index contributed by atoms with van der Waals surface area (Å²) >= 11 is 6.96. The number of rotatable bonds is 2.